The van der Waals surface area contributed by atoms with Crippen molar-refractivity contribution < 1.29 is 22.4 Å². The van der Waals surface area contributed by atoms with E-state index in [-0.39, 0.29) is 40.9 Å². The quantitative estimate of drug-likeness (QED) is 0.260. The highest BCUT2D eigenvalue weighted by Crippen LogP contribution is 2.36. The fourth-order valence-corrected chi connectivity index (χ4v) is 3.98. The molecule has 13 heteroatoms. The van der Waals surface area contributed by atoms with E-state index in [1.54, 1.807) is 18.2 Å². The van der Waals surface area contributed by atoms with Crippen LogP contribution in [0.1, 0.15) is 21.5 Å². The van der Waals surface area contributed by atoms with E-state index in [9.17, 15) is 22.4 Å². The molecule has 4 aromatic rings. The average molecular weight is 532 g/mol. The average Bonchev–Trinajstić information content (AvgIpc) is 3.18. The second kappa shape index (κ2) is 10.1. The molecule has 2 aromatic carbocycles. The Morgan fingerprint density at radius 3 is 2.59 bits per heavy atom. The van der Waals surface area contributed by atoms with Crippen molar-refractivity contribution in [2.45, 2.75) is 12.7 Å². The monoisotopic (exact) mass is 531 g/mol. The zero-order chi connectivity index (χ0) is 23.8. The summed E-state index contributed by atoms with van der Waals surface area (Å²) in [5, 5.41) is 5.52. The summed E-state index contributed by atoms with van der Waals surface area (Å²) in [5.74, 6) is -1.33. The molecule has 0 bridgehead atoms. The van der Waals surface area contributed by atoms with E-state index in [2.05, 4.69) is 20.0 Å². The van der Waals surface area contributed by atoms with Crippen LogP contribution in [0.3, 0.4) is 0 Å². The Morgan fingerprint density at radius 2 is 1.88 bits per heavy atom. The van der Waals surface area contributed by atoms with Gasteiger partial charge in [0.25, 0.3) is 5.91 Å². The molecule has 2 heterocycles. The predicted molar refractivity (Wildman–Crippen MR) is 127 cm³/mol. The Hall–Kier alpha value is -2.99. The first kappa shape index (κ1) is 25.6. The highest BCUT2D eigenvalue weighted by atomic mass is 35.5. The maximum absolute atomic E-state index is 14.1. The molecule has 178 valence electrons. The molecule has 0 atom stereocenters. The third kappa shape index (κ3) is 5.22. The number of hydrogen-bond acceptors (Lipinski definition) is 6. The number of fused-ring (bicyclic) bond motifs is 1. The molecule has 0 radical (unpaired) electrons. The number of nitrogens with zero attached hydrogens (tertiary/aromatic N) is 2. The third-order valence-corrected chi connectivity index (χ3v) is 5.86. The second-order valence-electron chi connectivity index (χ2n) is 6.86. The zero-order valence-corrected chi connectivity index (χ0v) is 19.3. The Bertz CT molecular complexity index is 1360. The molecule has 0 aliphatic carbocycles. The van der Waals surface area contributed by atoms with Gasteiger partial charge in [0.2, 0.25) is 0 Å². The van der Waals surface area contributed by atoms with Crippen LogP contribution in [0.2, 0.25) is 5.02 Å². The van der Waals surface area contributed by atoms with Crippen LogP contribution in [0.4, 0.5) is 34.8 Å². The van der Waals surface area contributed by atoms with Crippen LogP contribution < -0.4 is 16.4 Å². The number of nitrogens with one attached hydrogen (secondary N) is 2. The van der Waals surface area contributed by atoms with Gasteiger partial charge >= 0.3 is 6.18 Å². The van der Waals surface area contributed by atoms with E-state index in [1.807, 2.05) is 0 Å². The van der Waals surface area contributed by atoms with E-state index in [0.29, 0.717) is 22.5 Å². The lowest BCUT2D eigenvalue weighted by molar-refractivity contribution is -0.137. The lowest BCUT2D eigenvalue weighted by atomic mass is 10.1. The Balaban J connectivity index is 0.00000324. The first-order valence-electron chi connectivity index (χ1n) is 9.35. The summed E-state index contributed by atoms with van der Waals surface area (Å²) in [6.07, 6.45) is -3.25. The van der Waals surface area contributed by atoms with Crippen LogP contribution in [-0.2, 0) is 12.7 Å². The number of nitrogens with two attached hydrogens (primary N) is 1. The minimum Gasteiger partial charge on any atom is -0.335 e. The predicted octanol–water partition coefficient (Wildman–Crippen LogP) is 6.38. The maximum atomic E-state index is 14.1. The van der Waals surface area contributed by atoms with E-state index >= 15 is 0 Å². The number of pyridine rings is 1. The van der Waals surface area contributed by atoms with Gasteiger partial charge in [0.1, 0.15) is 11.3 Å². The standard InChI is InChI=1S/C21H14ClF4N5OS.ClH/c22-13-3-1-10(9-27)7-12(13)20(32)30-15-5-6-28-17-18(15)33-31-19(17)29-16-8-11(21(24,25)26)2-4-14(16)23;/h1-8H,9,27H2,(H,29,31)(H,28,30,32);1H. The van der Waals surface area contributed by atoms with Crippen molar-refractivity contribution in [3.63, 3.8) is 0 Å². The maximum Gasteiger partial charge on any atom is 0.416 e. The third-order valence-electron chi connectivity index (χ3n) is 4.66. The Labute approximate surface area is 205 Å². The number of carbonyl (C=O) groups is 1. The largest absolute Gasteiger partial charge is 0.416 e. The minimum atomic E-state index is -4.63. The Morgan fingerprint density at radius 1 is 1.12 bits per heavy atom. The fourth-order valence-electron chi connectivity index (χ4n) is 3.01. The molecule has 4 N–H and O–H groups in total. The summed E-state index contributed by atoms with van der Waals surface area (Å²) >= 11 is 7.07. The van der Waals surface area contributed by atoms with Gasteiger partial charge in [-0.1, -0.05) is 17.7 Å². The minimum absolute atomic E-state index is 0. The van der Waals surface area contributed by atoms with Crippen molar-refractivity contribution in [2.75, 3.05) is 10.6 Å². The van der Waals surface area contributed by atoms with Crippen LogP contribution in [-0.4, -0.2) is 15.3 Å². The highest BCUT2D eigenvalue weighted by molar-refractivity contribution is 7.14. The molecule has 4 rings (SSSR count). The molecule has 0 unspecified atom stereocenters. The van der Waals surface area contributed by atoms with Gasteiger partial charge in [0.15, 0.2) is 5.82 Å². The number of carbonyl (C=O) groups excluding carboxylic acids is 1. The highest BCUT2D eigenvalue weighted by Gasteiger charge is 2.31. The van der Waals surface area contributed by atoms with Crippen molar-refractivity contribution in [3.05, 3.63) is 76.2 Å². The summed E-state index contributed by atoms with van der Waals surface area (Å²) in [6, 6.07) is 8.41. The molecule has 0 aliphatic heterocycles. The first-order chi connectivity index (χ1) is 15.7. The topological polar surface area (TPSA) is 92.9 Å². The van der Waals surface area contributed by atoms with Crippen molar-refractivity contribution in [2.24, 2.45) is 5.73 Å². The fraction of sp³-hybridized carbons (Fsp3) is 0.0952. The lowest BCUT2D eigenvalue weighted by Crippen LogP contribution is -2.13. The number of halogens is 6. The summed E-state index contributed by atoms with van der Waals surface area (Å²) in [4.78, 5) is 16.9. The molecular weight excluding hydrogens is 517 g/mol. The molecule has 6 nitrogen and oxygen atoms in total. The van der Waals surface area contributed by atoms with Gasteiger partial charge in [-0.3, -0.25) is 9.78 Å². The molecule has 0 spiro atoms. The van der Waals surface area contributed by atoms with E-state index in [4.69, 9.17) is 17.3 Å². The van der Waals surface area contributed by atoms with E-state index in [0.717, 1.165) is 23.2 Å². The SMILES string of the molecule is Cl.NCc1ccc(Cl)c(C(=O)Nc2ccnc3c(Nc4cc(C(F)(F)F)ccc4F)nsc23)c1. The van der Waals surface area contributed by atoms with Gasteiger partial charge in [-0.05, 0) is 53.5 Å². The molecule has 0 aliphatic rings. The summed E-state index contributed by atoms with van der Waals surface area (Å²) in [6.45, 7) is 0.229. The summed E-state index contributed by atoms with van der Waals surface area (Å²) in [7, 11) is 0. The molecule has 0 saturated heterocycles. The molecular formula is C21H15Cl2F4N5OS. The van der Waals surface area contributed by atoms with Gasteiger partial charge in [-0.15, -0.1) is 12.4 Å². The molecule has 2 aromatic heterocycles. The summed E-state index contributed by atoms with van der Waals surface area (Å²) < 4.78 is 57.7. The zero-order valence-electron chi connectivity index (χ0n) is 16.9. The number of benzene rings is 2. The normalized spacial score (nSPS) is 11.2. The molecule has 1 amide bonds. The molecule has 0 fully saturated rings. The van der Waals surface area contributed by atoms with Crippen molar-refractivity contribution in [3.8, 4) is 0 Å². The Kier molecular flexibility index (Phi) is 7.61. The number of anilines is 3. The van der Waals surface area contributed by atoms with Crippen LogP contribution in [0, 0.1) is 5.82 Å². The van der Waals surface area contributed by atoms with Crippen LogP contribution in [0.15, 0.2) is 48.7 Å². The van der Waals surface area contributed by atoms with Gasteiger partial charge in [0.05, 0.1) is 32.2 Å². The number of alkyl halides is 3. The van der Waals surface area contributed by atoms with Crippen molar-refractivity contribution in [1.29, 1.82) is 0 Å². The molecule has 34 heavy (non-hydrogen) atoms. The van der Waals surface area contributed by atoms with Gasteiger partial charge in [-0.2, -0.15) is 17.5 Å². The smallest absolute Gasteiger partial charge is 0.335 e. The van der Waals surface area contributed by atoms with Gasteiger partial charge < -0.3 is 16.4 Å². The van der Waals surface area contributed by atoms with Crippen LogP contribution in [0.5, 0.6) is 0 Å². The second-order valence-corrected chi connectivity index (χ2v) is 8.04. The van der Waals surface area contributed by atoms with Gasteiger partial charge in [0, 0.05) is 12.7 Å². The lowest BCUT2D eigenvalue weighted by Gasteiger charge is -2.11. The first-order valence-corrected chi connectivity index (χ1v) is 10.5. The number of rotatable bonds is 5. The van der Waals surface area contributed by atoms with Gasteiger partial charge in [-0.25, -0.2) is 4.39 Å². The van der Waals surface area contributed by atoms with E-state index in [1.165, 1.54) is 12.3 Å². The number of aromatic nitrogens is 2. The number of hydrogen-bond donors (Lipinski definition) is 3. The van der Waals surface area contributed by atoms with Crippen LogP contribution >= 0.6 is 35.5 Å². The van der Waals surface area contributed by atoms with Crippen molar-refractivity contribution >= 4 is 68.9 Å². The van der Waals surface area contributed by atoms with E-state index < -0.39 is 29.2 Å². The molecule has 0 saturated carbocycles. The summed E-state index contributed by atoms with van der Waals surface area (Å²) in [5.41, 5.74) is 5.75. The van der Waals surface area contributed by atoms with Crippen molar-refractivity contribution in [1.82, 2.24) is 9.36 Å². The number of amides is 1. The van der Waals surface area contributed by atoms with Crippen LogP contribution in [0.25, 0.3) is 10.2 Å².